The molecule has 5 nitrogen and oxygen atoms in total. The zero-order valence-electron chi connectivity index (χ0n) is 16.7. The molecule has 2 aromatic carbocycles. The number of aryl methyl sites for hydroxylation is 2. The lowest BCUT2D eigenvalue weighted by atomic mass is 10.0. The van der Waals surface area contributed by atoms with Crippen LogP contribution in [-0.4, -0.2) is 27.1 Å². The molecule has 0 bridgehead atoms. The van der Waals surface area contributed by atoms with Gasteiger partial charge in [0, 0.05) is 0 Å². The number of nitrogens with one attached hydrogen (secondary N) is 1. The highest BCUT2D eigenvalue weighted by atomic mass is 32.2. The second-order valence-corrected chi connectivity index (χ2v) is 9.39. The summed E-state index contributed by atoms with van der Waals surface area (Å²) in [6, 6.07) is 9.37. The fraction of sp³-hybridized carbons (Fsp3) is 0.381. The lowest BCUT2D eigenvalue weighted by Crippen LogP contribution is -2.41. The van der Waals surface area contributed by atoms with Gasteiger partial charge >= 0.3 is 6.18 Å². The molecular weight excluding hydrogens is 417 g/mol. The van der Waals surface area contributed by atoms with Crippen LogP contribution in [0.1, 0.15) is 41.6 Å². The number of hydrogen-bond donors (Lipinski definition) is 1. The first-order valence-electron chi connectivity index (χ1n) is 9.51. The van der Waals surface area contributed by atoms with Gasteiger partial charge < -0.3 is 5.32 Å². The van der Waals surface area contributed by atoms with Gasteiger partial charge in [0.05, 0.1) is 23.5 Å². The van der Waals surface area contributed by atoms with Gasteiger partial charge in [-0.1, -0.05) is 18.2 Å². The molecule has 0 heterocycles. The lowest BCUT2D eigenvalue weighted by Gasteiger charge is -2.24. The van der Waals surface area contributed by atoms with Crippen molar-refractivity contribution >= 4 is 21.6 Å². The van der Waals surface area contributed by atoms with Crippen LogP contribution in [0, 0.1) is 0 Å². The zero-order chi connectivity index (χ0) is 22.1. The minimum absolute atomic E-state index is 0.00849. The van der Waals surface area contributed by atoms with E-state index in [1.54, 1.807) is 6.92 Å². The number of benzene rings is 2. The molecule has 30 heavy (non-hydrogen) atoms. The van der Waals surface area contributed by atoms with Gasteiger partial charge in [-0.2, -0.15) is 13.2 Å². The Labute approximate surface area is 173 Å². The van der Waals surface area contributed by atoms with Gasteiger partial charge in [-0.05, 0) is 67.1 Å². The van der Waals surface area contributed by atoms with Crippen molar-refractivity contribution in [3.05, 3.63) is 64.7 Å². The van der Waals surface area contributed by atoms with Crippen LogP contribution in [0.25, 0.3) is 0 Å². The van der Waals surface area contributed by atoms with E-state index in [-0.39, 0.29) is 11.7 Å². The van der Waals surface area contributed by atoms with E-state index in [1.807, 2.05) is 12.1 Å². The van der Waals surface area contributed by atoms with Crippen molar-refractivity contribution in [2.75, 3.05) is 17.1 Å². The molecule has 0 saturated carbocycles. The van der Waals surface area contributed by atoms with Gasteiger partial charge in [-0.25, -0.2) is 8.42 Å². The zero-order valence-corrected chi connectivity index (χ0v) is 17.5. The molecule has 0 fully saturated rings. The van der Waals surface area contributed by atoms with Crippen molar-refractivity contribution in [1.29, 1.82) is 0 Å². The summed E-state index contributed by atoms with van der Waals surface area (Å²) in [4.78, 5) is 12.5. The number of rotatable bonds is 6. The normalized spacial score (nSPS) is 14.8. The Morgan fingerprint density at radius 1 is 1.10 bits per heavy atom. The summed E-state index contributed by atoms with van der Waals surface area (Å²) in [5.41, 5.74) is 2.59. The van der Waals surface area contributed by atoms with Crippen LogP contribution in [0.2, 0.25) is 0 Å². The quantitative estimate of drug-likeness (QED) is 0.742. The van der Waals surface area contributed by atoms with E-state index >= 15 is 0 Å². The molecule has 0 aliphatic heterocycles. The first-order chi connectivity index (χ1) is 13.9. The van der Waals surface area contributed by atoms with Crippen molar-refractivity contribution < 1.29 is 26.4 Å². The first kappa shape index (κ1) is 22.1. The van der Waals surface area contributed by atoms with Crippen molar-refractivity contribution in [2.45, 2.75) is 38.4 Å². The number of hydrogen-bond acceptors (Lipinski definition) is 3. The summed E-state index contributed by atoms with van der Waals surface area (Å²) in [7, 11) is -3.88. The third kappa shape index (κ3) is 5.13. The molecule has 2 aromatic rings. The summed E-state index contributed by atoms with van der Waals surface area (Å²) >= 11 is 0. The number of carbonyl (C=O) groups is 1. The Hall–Kier alpha value is -2.55. The van der Waals surface area contributed by atoms with E-state index in [2.05, 4.69) is 11.4 Å². The number of nitrogens with zero attached hydrogens (tertiary/aromatic N) is 1. The maximum Gasteiger partial charge on any atom is 0.416 e. The van der Waals surface area contributed by atoms with E-state index in [4.69, 9.17) is 0 Å². The molecule has 1 aliphatic rings. The second-order valence-electron chi connectivity index (χ2n) is 7.49. The molecule has 0 spiro atoms. The molecule has 0 saturated heterocycles. The summed E-state index contributed by atoms with van der Waals surface area (Å²) in [5.74, 6) is -0.548. The SMILES string of the molecule is C[C@H](NC(=O)CN(c1ccc(C(F)(F)F)cc1)S(C)(=O)=O)c1ccc2c(c1)CCC2. The fourth-order valence-electron chi connectivity index (χ4n) is 3.58. The molecule has 9 heteroatoms. The highest BCUT2D eigenvalue weighted by molar-refractivity contribution is 7.92. The molecule has 0 radical (unpaired) electrons. The predicted molar refractivity (Wildman–Crippen MR) is 109 cm³/mol. The van der Waals surface area contributed by atoms with Crippen molar-refractivity contribution in [2.24, 2.45) is 0 Å². The summed E-state index contributed by atoms with van der Waals surface area (Å²) in [6.45, 7) is 1.27. The van der Waals surface area contributed by atoms with Crippen LogP contribution in [0.4, 0.5) is 18.9 Å². The Balaban J connectivity index is 1.73. The Morgan fingerprint density at radius 2 is 1.73 bits per heavy atom. The summed E-state index contributed by atoms with van der Waals surface area (Å²) in [6.07, 6.45) is -0.471. The minimum Gasteiger partial charge on any atom is -0.348 e. The van der Waals surface area contributed by atoms with Gasteiger partial charge in [-0.3, -0.25) is 9.10 Å². The number of fused-ring (bicyclic) bond motifs is 1. The topological polar surface area (TPSA) is 66.5 Å². The fourth-order valence-corrected chi connectivity index (χ4v) is 4.44. The number of alkyl halides is 3. The Bertz CT molecular complexity index is 1030. The number of amides is 1. The molecule has 1 amide bonds. The number of carbonyl (C=O) groups excluding carboxylic acids is 1. The molecule has 1 atom stereocenters. The summed E-state index contributed by atoms with van der Waals surface area (Å²) < 4.78 is 63.4. The van der Waals surface area contributed by atoms with Crippen LogP contribution < -0.4 is 9.62 Å². The van der Waals surface area contributed by atoms with Gasteiger partial charge in [0.25, 0.3) is 0 Å². The molecule has 1 N–H and O–H groups in total. The van der Waals surface area contributed by atoms with Crippen molar-refractivity contribution in [3.63, 3.8) is 0 Å². The van der Waals surface area contributed by atoms with E-state index in [1.165, 1.54) is 11.1 Å². The standard InChI is InChI=1S/C21H23F3N2O3S/c1-14(16-7-6-15-4-3-5-17(15)12-16)25-20(27)13-26(30(2,28)29)19-10-8-18(9-11-19)21(22,23)24/h6-12,14H,3-5,13H2,1-2H3,(H,25,27)/t14-/m0/s1. The molecule has 3 rings (SSSR count). The average Bonchev–Trinajstić information content (AvgIpc) is 3.12. The second kappa shape index (κ2) is 8.29. The van der Waals surface area contributed by atoms with E-state index in [9.17, 15) is 26.4 Å². The molecule has 1 aliphatic carbocycles. The number of halogens is 3. The smallest absolute Gasteiger partial charge is 0.348 e. The molecule has 0 aromatic heterocycles. The van der Waals surface area contributed by atoms with E-state index in [0.29, 0.717) is 0 Å². The lowest BCUT2D eigenvalue weighted by molar-refractivity contribution is -0.137. The highest BCUT2D eigenvalue weighted by Gasteiger charge is 2.31. The number of anilines is 1. The van der Waals surface area contributed by atoms with Gasteiger partial charge in [-0.15, -0.1) is 0 Å². The summed E-state index contributed by atoms with van der Waals surface area (Å²) in [5, 5.41) is 2.77. The Kier molecular flexibility index (Phi) is 6.12. The molecular formula is C21H23F3N2O3S. The van der Waals surface area contributed by atoms with Gasteiger partial charge in [0.15, 0.2) is 0 Å². The largest absolute Gasteiger partial charge is 0.416 e. The maximum atomic E-state index is 12.8. The van der Waals surface area contributed by atoms with E-state index in [0.717, 1.165) is 59.7 Å². The third-order valence-corrected chi connectivity index (χ3v) is 6.31. The van der Waals surface area contributed by atoms with Gasteiger partial charge in [0.2, 0.25) is 15.9 Å². The van der Waals surface area contributed by atoms with Crippen molar-refractivity contribution in [3.8, 4) is 0 Å². The monoisotopic (exact) mass is 440 g/mol. The minimum atomic E-state index is -4.53. The Morgan fingerprint density at radius 3 is 2.33 bits per heavy atom. The first-order valence-corrected chi connectivity index (χ1v) is 11.4. The van der Waals surface area contributed by atoms with Crippen LogP contribution in [-0.2, 0) is 33.8 Å². The van der Waals surface area contributed by atoms with Crippen LogP contribution >= 0.6 is 0 Å². The van der Waals surface area contributed by atoms with Crippen molar-refractivity contribution in [1.82, 2.24) is 5.32 Å². The number of sulfonamides is 1. The molecule has 162 valence electrons. The predicted octanol–water partition coefficient (Wildman–Crippen LogP) is 3.84. The van der Waals surface area contributed by atoms with Crippen LogP contribution in [0.15, 0.2) is 42.5 Å². The van der Waals surface area contributed by atoms with E-state index < -0.39 is 34.2 Å². The van der Waals surface area contributed by atoms with Gasteiger partial charge in [0.1, 0.15) is 6.54 Å². The van der Waals surface area contributed by atoms with Crippen LogP contribution in [0.5, 0.6) is 0 Å². The molecule has 0 unspecified atom stereocenters. The maximum absolute atomic E-state index is 12.8. The van der Waals surface area contributed by atoms with Crippen LogP contribution in [0.3, 0.4) is 0 Å². The average molecular weight is 440 g/mol. The highest BCUT2D eigenvalue weighted by Crippen LogP contribution is 2.31. The third-order valence-electron chi connectivity index (χ3n) is 5.17.